The summed E-state index contributed by atoms with van der Waals surface area (Å²) in [6, 6.07) is 6.06. The lowest BCUT2D eigenvalue weighted by molar-refractivity contribution is -0.145. The lowest BCUT2D eigenvalue weighted by atomic mass is 9.83. The summed E-state index contributed by atoms with van der Waals surface area (Å²) in [6.07, 6.45) is 5.22. The van der Waals surface area contributed by atoms with Crippen molar-refractivity contribution >= 4 is 5.97 Å². The topological polar surface area (TPSA) is 72.5 Å². The van der Waals surface area contributed by atoms with E-state index < -0.39 is 6.04 Å². The first-order valence-corrected chi connectivity index (χ1v) is 6.85. The normalized spacial score (nSPS) is 16.7. The largest absolute Gasteiger partial charge is 0.508 e. The summed E-state index contributed by atoms with van der Waals surface area (Å²) in [5.74, 6) is 0.605. The van der Waals surface area contributed by atoms with Crippen LogP contribution in [0.15, 0.2) is 24.3 Å². The van der Waals surface area contributed by atoms with Crippen LogP contribution in [0.1, 0.15) is 31.2 Å². The van der Waals surface area contributed by atoms with Gasteiger partial charge in [-0.1, -0.05) is 31.4 Å². The maximum atomic E-state index is 11.7. The molecule has 0 unspecified atom stereocenters. The molecule has 1 aliphatic carbocycles. The van der Waals surface area contributed by atoms with Gasteiger partial charge in [-0.3, -0.25) is 4.79 Å². The SMILES string of the molecule is N[C@H](Cc1ccc(O)cc1)C(=O)OCCC1CCC1. The highest BCUT2D eigenvalue weighted by molar-refractivity contribution is 5.75. The molecule has 2 rings (SSSR count). The van der Waals surface area contributed by atoms with E-state index in [-0.39, 0.29) is 11.7 Å². The van der Waals surface area contributed by atoms with Crippen molar-refractivity contribution in [2.24, 2.45) is 11.7 Å². The zero-order chi connectivity index (χ0) is 13.7. The minimum atomic E-state index is -0.633. The maximum absolute atomic E-state index is 11.7. The van der Waals surface area contributed by atoms with E-state index in [1.54, 1.807) is 24.3 Å². The van der Waals surface area contributed by atoms with Crippen LogP contribution in [0, 0.1) is 5.92 Å². The van der Waals surface area contributed by atoms with Crippen LogP contribution in [0.25, 0.3) is 0 Å². The maximum Gasteiger partial charge on any atom is 0.323 e. The minimum Gasteiger partial charge on any atom is -0.508 e. The van der Waals surface area contributed by atoms with Crippen LogP contribution in [0.5, 0.6) is 5.75 Å². The van der Waals surface area contributed by atoms with Crippen LogP contribution in [0.2, 0.25) is 0 Å². The summed E-state index contributed by atoms with van der Waals surface area (Å²) in [4.78, 5) is 11.7. The molecule has 1 aromatic rings. The molecule has 4 heteroatoms. The van der Waals surface area contributed by atoms with Crippen molar-refractivity contribution < 1.29 is 14.6 Å². The minimum absolute atomic E-state index is 0.209. The van der Waals surface area contributed by atoms with Crippen LogP contribution >= 0.6 is 0 Å². The number of rotatable bonds is 6. The van der Waals surface area contributed by atoms with Gasteiger partial charge in [0.2, 0.25) is 0 Å². The van der Waals surface area contributed by atoms with Crippen LogP contribution in [0.3, 0.4) is 0 Å². The van der Waals surface area contributed by atoms with Crippen molar-refractivity contribution in [3.8, 4) is 5.75 Å². The molecule has 1 saturated carbocycles. The summed E-state index contributed by atoms with van der Waals surface area (Å²) in [7, 11) is 0. The van der Waals surface area contributed by atoms with Crippen molar-refractivity contribution in [1.29, 1.82) is 0 Å². The highest BCUT2D eigenvalue weighted by atomic mass is 16.5. The van der Waals surface area contributed by atoms with Crippen LogP contribution in [-0.2, 0) is 16.0 Å². The average molecular weight is 263 g/mol. The Bertz CT molecular complexity index is 412. The number of ether oxygens (including phenoxy) is 1. The van der Waals surface area contributed by atoms with Gasteiger partial charge >= 0.3 is 5.97 Å². The van der Waals surface area contributed by atoms with Gasteiger partial charge in [0.1, 0.15) is 11.8 Å². The van der Waals surface area contributed by atoms with Gasteiger partial charge in [-0.15, -0.1) is 0 Å². The molecule has 0 heterocycles. The number of carbonyl (C=O) groups excluding carboxylic acids is 1. The Morgan fingerprint density at radius 3 is 2.63 bits per heavy atom. The molecular weight excluding hydrogens is 242 g/mol. The molecule has 0 spiro atoms. The Morgan fingerprint density at radius 1 is 1.37 bits per heavy atom. The molecule has 19 heavy (non-hydrogen) atoms. The van der Waals surface area contributed by atoms with Crippen molar-refractivity contribution in [2.75, 3.05) is 6.61 Å². The first-order valence-electron chi connectivity index (χ1n) is 6.85. The monoisotopic (exact) mass is 263 g/mol. The highest BCUT2D eigenvalue weighted by Crippen LogP contribution is 2.29. The van der Waals surface area contributed by atoms with Crippen molar-refractivity contribution in [1.82, 2.24) is 0 Å². The number of aromatic hydroxyl groups is 1. The van der Waals surface area contributed by atoms with Gasteiger partial charge in [0.05, 0.1) is 6.61 Å². The molecule has 0 radical (unpaired) electrons. The van der Waals surface area contributed by atoms with Crippen molar-refractivity contribution in [3.63, 3.8) is 0 Å². The van der Waals surface area contributed by atoms with Crippen molar-refractivity contribution in [2.45, 2.75) is 38.1 Å². The van der Waals surface area contributed by atoms with Gasteiger partial charge in [0.25, 0.3) is 0 Å². The van der Waals surface area contributed by atoms with Gasteiger partial charge < -0.3 is 15.6 Å². The van der Waals surface area contributed by atoms with E-state index in [9.17, 15) is 9.90 Å². The summed E-state index contributed by atoms with van der Waals surface area (Å²) < 4.78 is 5.19. The number of benzene rings is 1. The number of phenols is 1. The zero-order valence-corrected chi connectivity index (χ0v) is 11.0. The van der Waals surface area contributed by atoms with Crippen LogP contribution in [-0.4, -0.2) is 23.7 Å². The molecule has 0 aromatic heterocycles. The van der Waals surface area contributed by atoms with Crippen LogP contribution in [0.4, 0.5) is 0 Å². The third-order valence-electron chi connectivity index (χ3n) is 3.69. The second-order valence-corrected chi connectivity index (χ2v) is 5.23. The zero-order valence-electron chi connectivity index (χ0n) is 11.0. The first kappa shape index (κ1) is 13.9. The summed E-state index contributed by atoms with van der Waals surface area (Å²) in [5, 5.41) is 9.17. The van der Waals surface area contributed by atoms with Gasteiger partial charge in [-0.25, -0.2) is 0 Å². The number of phenolic OH excluding ortho intramolecular Hbond substituents is 1. The fourth-order valence-electron chi connectivity index (χ4n) is 2.18. The molecular formula is C15H21NO3. The Labute approximate surface area is 113 Å². The third kappa shape index (κ3) is 4.24. The smallest absolute Gasteiger partial charge is 0.323 e. The Hall–Kier alpha value is -1.55. The average Bonchev–Trinajstić information content (AvgIpc) is 2.35. The molecule has 104 valence electrons. The molecule has 1 atom stereocenters. The summed E-state index contributed by atoms with van der Waals surface area (Å²) >= 11 is 0. The second kappa shape index (κ2) is 6.57. The molecule has 1 fully saturated rings. The quantitative estimate of drug-likeness (QED) is 0.770. The van der Waals surface area contributed by atoms with Gasteiger partial charge in [0.15, 0.2) is 0 Å². The number of hydrogen-bond donors (Lipinski definition) is 2. The first-order chi connectivity index (χ1) is 9.15. The van der Waals surface area contributed by atoms with E-state index in [2.05, 4.69) is 0 Å². The molecule has 3 N–H and O–H groups in total. The van der Waals surface area contributed by atoms with E-state index in [4.69, 9.17) is 10.5 Å². The Balaban J connectivity index is 1.70. The fraction of sp³-hybridized carbons (Fsp3) is 0.533. The number of carbonyl (C=O) groups is 1. The standard InChI is InChI=1S/C15H21NO3/c16-14(10-12-4-6-13(17)7-5-12)15(18)19-9-8-11-2-1-3-11/h4-7,11,14,17H,1-3,8-10,16H2/t14-/m1/s1. The van der Waals surface area contributed by atoms with Crippen LogP contribution < -0.4 is 5.73 Å². The predicted octanol–water partition coefficient (Wildman–Crippen LogP) is 2.00. The van der Waals surface area contributed by atoms with E-state index in [0.717, 1.165) is 17.9 Å². The molecule has 0 saturated heterocycles. The molecule has 4 nitrogen and oxygen atoms in total. The van der Waals surface area contributed by atoms with E-state index in [1.807, 2.05) is 0 Å². The van der Waals surface area contributed by atoms with Gasteiger partial charge in [-0.05, 0) is 36.5 Å². The predicted molar refractivity (Wildman–Crippen MR) is 72.7 cm³/mol. The lowest BCUT2D eigenvalue weighted by Crippen LogP contribution is -2.34. The number of esters is 1. The van der Waals surface area contributed by atoms with Gasteiger partial charge in [-0.2, -0.15) is 0 Å². The molecule has 0 amide bonds. The van der Waals surface area contributed by atoms with E-state index in [0.29, 0.717) is 13.0 Å². The molecule has 0 aliphatic heterocycles. The number of hydrogen-bond acceptors (Lipinski definition) is 4. The Morgan fingerprint density at radius 2 is 2.05 bits per heavy atom. The van der Waals surface area contributed by atoms with Gasteiger partial charge in [0, 0.05) is 0 Å². The molecule has 0 bridgehead atoms. The van der Waals surface area contributed by atoms with Crippen molar-refractivity contribution in [3.05, 3.63) is 29.8 Å². The lowest BCUT2D eigenvalue weighted by Gasteiger charge is -2.25. The summed E-state index contributed by atoms with van der Waals surface area (Å²) in [6.45, 7) is 0.479. The Kier molecular flexibility index (Phi) is 4.80. The number of nitrogens with two attached hydrogens (primary N) is 1. The highest BCUT2D eigenvalue weighted by Gasteiger charge is 2.19. The van der Waals surface area contributed by atoms with E-state index in [1.165, 1.54) is 19.3 Å². The second-order valence-electron chi connectivity index (χ2n) is 5.23. The van der Waals surface area contributed by atoms with E-state index >= 15 is 0 Å². The third-order valence-corrected chi connectivity index (χ3v) is 3.69. The summed E-state index contributed by atoms with van der Waals surface area (Å²) in [5.41, 5.74) is 6.73. The molecule has 1 aromatic carbocycles. The fourth-order valence-corrected chi connectivity index (χ4v) is 2.18. The molecule has 1 aliphatic rings.